The Balaban J connectivity index is 1.64. The van der Waals surface area contributed by atoms with Gasteiger partial charge < -0.3 is 10.6 Å². The van der Waals surface area contributed by atoms with Crippen LogP contribution in [0.3, 0.4) is 0 Å². The number of carbonyl (C=O) groups excluding carboxylic acids is 2. The van der Waals surface area contributed by atoms with E-state index >= 15 is 0 Å². The minimum Gasteiger partial charge on any atom is -0.326 e. The van der Waals surface area contributed by atoms with E-state index in [1.807, 2.05) is 68.7 Å². The number of benzene rings is 2. The van der Waals surface area contributed by atoms with Crippen molar-refractivity contribution in [2.45, 2.75) is 32.9 Å². The maximum absolute atomic E-state index is 12.5. The Hall–Kier alpha value is -3.13. The first kappa shape index (κ1) is 21.6. The van der Waals surface area contributed by atoms with Crippen molar-refractivity contribution in [3.05, 3.63) is 59.9 Å². The number of aryl methyl sites for hydroxylation is 2. The van der Waals surface area contributed by atoms with Crippen LogP contribution in [0.2, 0.25) is 0 Å². The SMILES string of the molecule is Cc1ccc(-n2cnnc2SCC(=O)Nc2cc(NC(=O)C(C)C)ccc2C)cc1. The maximum atomic E-state index is 12.5. The van der Waals surface area contributed by atoms with E-state index in [-0.39, 0.29) is 23.5 Å². The van der Waals surface area contributed by atoms with Gasteiger partial charge in [-0.15, -0.1) is 10.2 Å². The largest absolute Gasteiger partial charge is 0.326 e. The van der Waals surface area contributed by atoms with Crippen LogP contribution in [-0.4, -0.2) is 32.3 Å². The van der Waals surface area contributed by atoms with Crippen molar-refractivity contribution in [2.24, 2.45) is 5.92 Å². The van der Waals surface area contributed by atoms with E-state index < -0.39 is 0 Å². The van der Waals surface area contributed by atoms with E-state index in [0.29, 0.717) is 16.5 Å². The first-order valence-corrected chi connectivity index (χ1v) is 10.6. The zero-order valence-corrected chi connectivity index (χ0v) is 18.3. The summed E-state index contributed by atoms with van der Waals surface area (Å²) in [5.41, 5.74) is 4.35. The first-order valence-electron chi connectivity index (χ1n) is 9.64. The molecule has 0 aliphatic heterocycles. The van der Waals surface area contributed by atoms with Gasteiger partial charge in [0.15, 0.2) is 5.16 Å². The van der Waals surface area contributed by atoms with Gasteiger partial charge in [-0.05, 0) is 43.7 Å². The lowest BCUT2D eigenvalue weighted by atomic mass is 10.1. The van der Waals surface area contributed by atoms with Gasteiger partial charge in [-0.25, -0.2) is 0 Å². The van der Waals surface area contributed by atoms with Gasteiger partial charge in [-0.2, -0.15) is 0 Å². The van der Waals surface area contributed by atoms with Gasteiger partial charge >= 0.3 is 0 Å². The molecule has 0 atom stereocenters. The Kier molecular flexibility index (Phi) is 6.89. The normalized spacial score (nSPS) is 10.8. The third-order valence-electron chi connectivity index (χ3n) is 4.46. The fourth-order valence-corrected chi connectivity index (χ4v) is 3.37. The van der Waals surface area contributed by atoms with Gasteiger partial charge in [-0.1, -0.05) is 49.4 Å². The second kappa shape index (κ2) is 9.58. The van der Waals surface area contributed by atoms with E-state index in [1.165, 1.54) is 17.3 Å². The number of carbonyl (C=O) groups is 2. The molecule has 0 unspecified atom stereocenters. The van der Waals surface area contributed by atoms with E-state index in [2.05, 4.69) is 20.8 Å². The highest BCUT2D eigenvalue weighted by Crippen LogP contribution is 2.23. The number of anilines is 2. The summed E-state index contributed by atoms with van der Waals surface area (Å²) in [6.07, 6.45) is 1.63. The monoisotopic (exact) mass is 423 g/mol. The molecule has 1 aromatic heterocycles. The van der Waals surface area contributed by atoms with Gasteiger partial charge in [-0.3, -0.25) is 14.2 Å². The van der Waals surface area contributed by atoms with Gasteiger partial charge in [0, 0.05) is 23.0 Å². The van der Waals surface area contributed by atoms with Crippen molar-refractivity contribution in [2.75, 3.05) is 16.4 Å². The Bertz CT molecular complexity index is 1040. The number of nitrogens with one attached hydrogen (secondary N) is 2. The number of amides is 2. The van der Waals surface area contributed by atoms with Crippen molar-refractivity contribution >= 4 is 35.0 Å². The van der Waals surface area contributed by atoms with E-state index in [1.54, 1.807) is 12.4 Å². The lowest BCUT2D eigenvalue weighted by Crippen LogP contribution is -2.19. The summed E-state index contributed by atoms with van der Waals surface area (Å²) in [6, 6.07) is 13.5. The van der Waals surface area contributed by atoms with Crippen LogP contribution in [0.5, 0.6) is 0 Å². The minimum atomic E-state index is -0.158. The highest BCUT2D eigenvalue weighted by atomic mass is 32.2. The first-order chi connectivity index (χ1) is 14.3. The molecule has 2 amide bonds. The molecule has 156 valence electrons. The molecular weight excluding hydrogens is 398 g/mol. The van der Waals surface area contributed by atoms with Gasteiger partial charge in [0.1, 0.15) is 6.33 Å². The Morgan fingerprint density at radius 1 is 1.07 bits per heavy atom. The Morgan fingerprint density at radius 3 is 2.50 bits per heavy atom. The molecule has 0 aliphatic carbocycles. The predicted octanol–water partition coefficient (Wildman–Crippen LogP) is 4.21. The zero-order valence-electron chi connectivity index (χ0n) is 17.5. The van der Waals surface area contributed by atoms with E-state index in [0.717, 1.165) is 11.3 Å². The molecule has 2 aromatic carbocycles. The highest BCUT2D eigenvalue weighted by Gasteiger charge is 2.13. The van der Waals surface area contributed by atoms with E-state index in [9.17, 15) is 9.59 Å². The van der Waals surface area contributed by atoms with Crippen LogP contribution in [-0.2, 0) is 9.59 Å². The molecule has 0 saturated heterocycles. The molecule has 0 radical (unpaired) electrons. The molecule has 2 N–H and O–H groups in total. The molecule has 3 aromatic rings. The second-order valence-electron chi connectivity index (χ2n) is 7.33. The average molecular weight is 424 g/mol. The zero-order chi connectivity index (χ0) is 21.7. The third-order valence-corrected chi connectivity index (χ3v) is 5.41. The molecule has 0 spiro atoms. The standard InChI is InChI=1S/C22H25N5O2S/c1-14(2)21(29)24-17-8-7-16(4)19(11-17)25-20(28)12-30-22-26-23-13-27(22)18-9-5-15(3)6-10-18/h5-11,13-14H,12H2,1-4H3,(H,24,29)(H,25,28). The summed E-state index contributed by atoms with van der Waals surface area (Å²) in [7, 11) is 0. The summed E-state index contributed by atoms with van der Waals surface area (Å²) >= 11 is 1.31. The molecule has 8 heteroatoms. The van der Waals surface area contributed by atoms with E-state index in [4.69, 9.17) is 0 Å². The van der Waals surface area contributed by atoms with Gasteiger partial charge in [0.2, 0.25) is 11.8 Å². The summed E-state index contributed by atoms with van der Waals surface area (Å²) in [6.45, 7) is 7.60. The third kappa shape index (κ3) is 5.48. The van der Waals surface area contributed by atoms with Crippen LogP contribution in [0.1, 0.15) is 25.0 Å². The number of aromatic nitrogens is 3. The number of thioether (sulfide) groups is 1. The smallest absolute Gasteiger partial charge is 0.234 e. The van der Waals surface area contributed by atoms with Crippen LogP contribution in [0.25, 0.3) is 5.69 Å². The van der Waals surface area contributed by atoms with Crippen LogP contribution >= 0.6 is 11.8 Å². The summed E-state index contributed by atoms with van der Waals surface area (Å²) in [5.74, 6) is -0.158. The number of hydrogen-bond donors (Lipinski definition) is 2. The highest BCUT2D eigenvalue weighted by molar-refractivity contribution is 7.99. The Morgan fingerprint density at radius 2 is 1.80 bits per heavy atom. The maximum Gasteiger partial charge on any atom is 0.234 e. The Labute approximate surface area is 180 Å². The van der Waals surface area contributed by atoms with Crippen molar-refractivity contribution < 1.29 is 9.59 Å². The van der Waals surface area contributed by atoms with Crippen LogP contribution in [0, 0.1) is 19.8 Å². The van der Waals surface area contributed by atoms with Crippen molar-refractivity contribution in [3.8, 4) is 5.69 Å². The molecule has 3 rings (SSSR count). The van der Waals surface area contributed by atoms with Gasteiger partial charge in [0.25, 0.3) is 0 Å². The average Bonchev–Trinajstić information content (AvgIpc) is 3.18. The number of rotatable bonds is 7. The number of hydrogen-bond acceptors (Lipinski definition) is 5. The molecule has 0 bridgehead atoms. The van der Waals surface area contributed by atoms with Crippen molar-refractivity contribution in [3.63, 3.8) is 0 Å². The number of nitrogens with zero attached hydrogens (tertiary/aromatic N) is 3. The molecular formula is C22H25N5O2S. The molecule has 1 heterocycles. The topological polar surface area (TPSA) is 88.9 Å². The summed E-state index contributed by atoms with van der Waals surface area (Å²) < 4.78 is 1.85. The quantitative estimate of drug-likeness (QED) is 0.556. The fraction of sp³-hybridized carbons (Fsp3) is 0.273. The molecule has 0 fully saturated rings. The lowest BCUT2D eigenvalue weighted by molar-refractivity contribution is -0.119. The molecule has 7 nitrogen and oxygen atoms in total. The molecule has 30 heavy (non-hydrogen) atoms. The second-order valence-corrected chi connectivity index (χ2v) is 8.27. The molecule has 0 aliphatic rings. The van der Waals surface area contributed by atoms with Crippen molar-refractivity contribution in [1.82, 2.24) is 14.8 Å². The van der Waals surface area contributed by atoms with Crippen LogP contribution < -0.4 is 10.6 Å². The van der Waals surface area contributed by atoms with Crippen LogP contribution in [0.15, 0.2) is 53.9 Å². The summed E-state index contributed by atoms with van der Waals surface area (Å²) in [5, 5.41) is 14.5. The minimum absolute atomic E-state index is 0.0675. The fourth-order valence-electron chi connectivity index (χ4n) is 2.64. The van der Waals surface area contributed by atoms with Crippen molar-refractivity contribution in [1.29, 1.82) is 0 Å². The summed E-state index contributed by atoms with van der Waals surface area (Å²) in [4.78, 5) is 24.4. The lowest BCUT2D eigenvalue weighted by Gasteiger charge is -2.12. The predicted molar refractivity (Wildman–Crippen MR) is 120 cm³/mol. The molecule has 0 saturated carbocycles. The van der Waals surface area contributed by atoms with Crippen LogP contribution in [0.4, 0.5) is 11.4 Å². The van der Waals surface area contributed by atoms with Gasteiger partial charge in [0.05, 0.1) is 5.75 Å².